The fourth-order valence-electron chi connectivity index (χ4n) is 3.81. The fourth-order valence-corrected chi connectivity index (χ4v) is 6.94. The maximum absolute atomic E-state index is 2.42. The minimum absolute atomic E-state index is 0. The zero-order valence-corrected chi connectivity index (χ0v) is 17.8. The molecule has 0 radical (unpaired) electrons. The molecule has 0 nitrogen and oxygen atoms in total. The van der Waals surface area contributed by atoms with Gasteiger partial charge in [-0.1, -0.05) is 0 Å². The normalized spacial score (nSPS) is 22.3. The van der Waals surface area contributed by atoms with Gasteiger partial charge in [-0.25, -0.2) is 0 Å². The van der Waals surface area contributed by atoms with Gasteiger partial charge in [0.2, 0.25) is 0 Å². The van der Waals surface area contributed by atoms with E-state index in [-0.39, 0.29) is 39.4 Å². The summed E-state index contributed by atoms with van der Waals surface area (Å²) in [5.74, 6) is 0. The quantitative estimate of drug-likeness (QED) is 0.628. The van der Waals surface area contributed by atoms with Gasteiger partial charge in [0.05, 0.1) is 0 Å². The smallest absolute Gasteiger partial charge is 1.00 e. The first kappa shape index (κ1) is 22.5. The summed E-state index contributed by atoms with van der Waals surface area (Å²) < 4.78 is 3.50. The van der Waals surface area contributed by atoms with E-state index in [0.717, 1.165) is 0 Å². The van der Waals surface area contributed by atoms with E-state index in [1.54, 1.807) is 30.0 Å². The molecular formula is C20H30F2Ti. The van der Waals surface area contributed by atoms with Gasteiger partial charge in [0.25, 0.3) is 0 Å². The van der Waals surface area contributed by atoms with E-state index in [4.69, 9.17) is 0 Å². The number of halogens is 2. The molecule has 2 aliphatic carbocycles. The van der Waals surface area contributed by atoms with E-state index in [0.29, 0.717) is 0 Å². The van der Waals surface area contributed by atoms with E-state index in [1.807, 2.05) is 0 Å². The maximum Gasteiger partial charge on any atom is -1.00 e. The van der Waals surface area contributed by atoms with Crippen molar-refractivity contribution in [2.24, 2.45) is 10.8 Å². The van der Waals surface area contributed by atoms with Gasteiger partial charge in [0, 0.05) is 0 Å². The summed E-state index contributed by atoms with van der Waals surface area (Å²) in [5.41, 5.74) is 9.92. The van der Waals surface area contributed by atoms with Gasteiger partial charge in [0.15, 0.2) is 0 Å². The molecule has 128 valence electrons. The Kier molecular flexibility index (Phi) is 6.67. The van der Waals surface area contributed by atoms with Crippen LogP contribution in [0.2, 0.25) is 0 Å². The van der Waals surface area contributed by atoms with Gasteiger partial charge in [-0.05, 0) is 0 Å². The van der Waals surface area contributed by atoms with Crippen molar-refractivity contribution in [2.75, 3.05) is 0 Å². The third-order valence-electron chi connectivity index (χ3n) is 6.38. The molecule has 0 unspecified atom stereocenters. The first-order chi connectivity index (χ1) is 9.44. The van der Waals surface area contributed by atoms with Crippen molar-refractivity contribution in [3.05, 3.63) is 41.2 Å². The third kappa shape index (κ3) is 3.09. The summed E-state index contributed by atoms with van der Waals surface area (Å²) in [6, 6.07) is 0. The second-order valence-corrected chi connectivity index (χ2v) is 9.83. The Bertz CT molecular complexity index is 585. The van der Waals surface area contributed by atoms with Gasteiger partial charge in [-0.15, -0.1) is 0 Å². The first-order valence-electron chi connectivity index (χ1n) is 8.00. The third-order valence-corrected chi connectivity index (χ3v) is 10.3. The van der Waals surface area contributed by atoms with Crippen molar-refractivity contribution < 1.29 is 28.6 Å². The minimum Gasteiger partial charge on any atom is -1.00 e. The van der Waals surface area contributed by atoms with Crippen LogP contribution in [0, 0.1) is 10.8 Å². The fraction of sp³-hybridized carbons (Fsp3) is 0.600. The van der Waals surface area contributed by atoms with Crippen molar-refractivity contribution in [2.45, 2.75) is 69.2 Å². The van der Waals surface area contributed by atoms with Crippen LogP contribution in [0.3, 0.4) is 0 Å². The summed E-state index contributed by atoms with van der Waals surface area (Å²) in [6.07, 6.45) is 0. The van der Waals surface area contributed by atoms with Crippen LogP contribution in [0.1, 0.15) is 69.2 Å². The predicted molar refractivity (Wildman–Crippen MR) is 89.7 cm³/mol. The molecule has 23 heavy (non-hydrogen) atoms. The average molecular weight is 356 g/mol. The number of rotatable bonds is 2. The van der Waals surface area contributed by atoms with Gasteiger partial charge in [0.1, 0.15) is 0 Å². The predicted octanol–water partition coefficient (Wildman–Crippen LogP) is 0.377. The van der Waals surface area contributed by atoms with Crippen LogP contribution in [0.15, 0.2) is 41.2 Å². The Morgan fingerprint density at radius 3 is 0.957 bits per heavy atom. The molecule has 0 aliphatic heterocycles. The Morgan fingerprint density at radius 2 is 0.783 bits per heavy atom. The van der Waals surface area contributed by atoms with E-state index in [9.17, 15) is 0 Å². The van der Waals surface area contributed by atoms with Crippen molar-refractivity contribution in [1.29, 1.82) is 0 Å². The summed E-state index contributed by atoms with van der Waals surface area (Å²) in [4.78, 5) is 0. The van der Waals surface area contributed by atoms with Crippen LogP contribution in [0.5, 0.6) is 0 Å². The topological polar surface area (TPSA) is 0 Å². The summed E-state index contributed by atoms with van der Waals surface area (Å²) >= 11 is -0.239. The Hall–Kier alpha value is -0.466. The van der Waals surface area contributed by atoms with Crippen molar-refractivity contribution in [3.8, 4) is 0 Å². The Balaban J connectivity index is 0.00000242. The second-order valence-electron chi connectivity index (χ2n) is 7.88. The SMILES string of the molecule is CC1=C(C)C(C)(C)[C]([Ti+2][C]2=C(C)C(C)=C(C)C2(C)C)=C1C.[F-].[F-]. The largest absolute Gasteiger partial charge is 1.00 e. The second kappa shape index (κ2) is 6.80. The van der Waals surface area contributed by atoms with Gasteiger partial charge in [-0.3, -0.25) is 0 Å². The summed E-state index contributed by atoms with van der Waals surface area (Å²) in [7, 11) is 0. The Labute approximate surface area is 149 Å². The Morgan fingerprint density at radius 1 is 0.522 bits per heavy atom. The molecule has 0 aromatic rings. The summed E-state index contributed by atoms with van der Waals surface area (Å²) in [5, 5.41) is 0. The molecular weight excluding hydrogens is 326 g/mol. The van der Waals surface area contributed by atoms with Gasteiger partial charge >= 0.3 is 140 Å². The van der Waals surface area contributed by atoms with Crippen LogP contribution in [-0.2, 0) is 19.2 Å². The monoisotopic (exact) mass is 356 g/mol. The van der Waals surface area contributed by atoms with Gasteiger partial charge in [-0.2, -0.15) is 0 Å². The molecule has 0 atom stereocenters. The first-order valence-corrected chi connectivity index (χ1v) is 9.56. The zero-order chi connectivity index (χ0) is 16.3. The molecule has 0 bridgehead atoms. The summed E-state index contributed by atoms with van der Waals surface area (Å²) in [6.45, 7) is 23.6. The molecule has 0 spiro atoms. The number of hydrogen-bond donors (Lipinski definition) is 0. The molecule has 0 aromatic carbocycles. The van der Waals surface area contributed by atoms with Crippen molar-refractivity contribution >= 4 is 0 Å². The van der Waals surface area contributed by atoms with Gasteiger partial charge < -0.3 is 9.41 Å². The molecule has 2 aliphatic rings. The molecule has 2 rings (SSSR count). The molecule has 3 heteroatoms. The molecule has 0 saturated heterocycles. The number of allylic oxidation sites excluding steroid dienone is 8. The molecule has 0 saturated carbocycles. The molecule has 0 heterocycles. The number of hydrogen-bond acceptors (Lipinski definition) is 0. The van der Waals surface area contributed by atoms with E-state index < -0.39 is 0 Å². The minimum atomic E-state index is -0.239. The van der Waals surface area contributed by atoms with Crippen LogP contribution >= 0.6 is 0 Å². The van der Waals surface area contributed by atoms with Crippen molar-refractivity contribution in [1.82, 2.24) is 0 Å². The molecule has 0 N–H and O–H groups in total. The van der Waals surface area contributed by atoms with Crippen LogP contribution < -0.4 is 9.41 Å². The van der Waals surface area contributed by atoms with Crippen LogP contribution in [0.25, 0.3) is 0 Å². The van der Waals surface area contributed by atoms with Crippen LogP contribution in [-0.4, -0.2) is 0 Å². The molecule has 0 aromatic heterocycles. The van der Waals surface area contributed by atoms with Crippen molar-refractivity contribution in [3.63, 3.8) is 0 Å². The standard InChI is InChI=1S/2C10H15.2FH.Ti/c2*1-7-6-10(4,5)9(3)8(7)2;;;/h2*1-5H3;2*1H;/q;;;;+2/p-2. The maximum atomic E-state index is 2.42. The zero-order valence-electron chi connectivity index (χ0n) is 16.3. The molecule has 0 amide bonds. The van der Waals surface area contributed by atoms with E-state index in [2.05, 4.69) is 69.2 Å². The van der Waals surface area contributed by atoms with E-state index >= 15 is 0 Å². The van der Waals surface area contributed by atoms with Crippen LogP contribution in [0.4, 0.5) is 0 Å². The molecule has 0 fully saturated rings. The average Bonchev–Trinajstić information content (AvgIpc) is 2.63. The van der Waals surface area contributed by atoms with E-state index in [1.165, 1.54) is 11.1 Å².